The summed E-state index contributed by atoms with van der Waals surface area (Å²) in [5, 5.41) is 4.52. The molecular formula is C18H28N6O. The lowest BCUT2D eigenvalue weighted by Gasteiger charge is -2.27. The summed E-state index contributed by atoms with van der Waals surface area (Å²) < 4.78 is 7.48. The van der Waals surface area contributed by atoms with Gasteiger partial charge in [0.05, 0.1) is 24.6 Å². The minimum Gasteiger partial charge on any atom is -0.378 e. The molecule has 3 heterocycles. The molecule has 7 heteroatoms. The van der Waals surface area contributed by atoms with Gasteiger partial charge in [-0.15, -0.1) is 0 Å². The standard InChI is InChI=1S/C18H28N6O/c1-15-13-16(2)24(21-15)8-4-7-22(3)14-17-5-6-19-18(20-17)23-9-11-25-12-10-23/h5-6,13H,4,7-12,14H2,1-3H3. The van der Waals surface area contributed by atoms with Crippen LogP contribution in [0.1, 0.15) is 23.5 Å². The summed E-state index contributed by atoms with van der Waals surface area (Å²) in [6, 6.07) is 4.12. The van der Waals surface area contributed by atoms with Gasteiger partial charge in [-0.1, -0.05) is 0 Å². The summed E-state index contributed by atoms with van der Waals surface area (Å²) in [5.74, 6) is 0.817. The van der Waals surface area contributed by atoms with Gasteiger partial charge < -0.3 is 14.5 Å². The van der Waals surface area contributed by atoms with E-state index in [1.165, 1.54) is 5.69 Å². The van der Waals surface area contributed by atoms with E-state index in [-0.39, 0.29) is 0 Å². The number of anilines is 1. The molecule has 1 fully saturated rings. The number of morpholine rings is 1. The maximum Gasteiger partial charge on any atom is 0.225 e. The van der Waals surface area contributed by atoms with Crippen molar-refractivity contribution in [2.45, 2.75) is 33.4 Å². The second-order valence-electron chi connectivity index (χ2n) is 6.69. The maximum atomic E-state index is 5.39. The number of hydrogen-bond acceptors (Lipinski definition) is 6. The topological polar surface area (TPSA) is 59.3 Å². The molecular weight excluding hydrogens is 316 g/mol. The Morgan fingerprint density at radius 2 is 2.04 bits per heavy atom. The fourth-order valence-electron chi connectivity index (χ4n) is 3.14. The van der Waals surface area contributed by atoms with Crippen LogP contribution < -0.4 is 4.90 Å². The van der Waals surface area contributed by atoms with Gasteiger partial charge in [-0.05, 0) is 39.4 Å². The van der Waals surface area contributed by atoms with Crippen molar-refractivity contribution < 1.29 is 4.74 Å². The van der Waals surface area contributed by atoms with Crippen molar-refractivity contribution in [1.82, 2.24) is 24.6 Å². The second-order valence-corrected chi connectivity index (χ2v) is 6.69. The number of rotatable bonds is 7. The van der Waals surface area contributed by atoms with E-state index in [2.05, 4.69) is 44.6 Å². The largest absolute Gasteiger partial charge is 0.378 e. The molecule has 0 bridgehead atoms. The van der Waals surface area contributed by atoms with Crippen molar-refractivity contribution in [1.29, 1.82) is 0 Å². The zero-order chi connectivity index (χ0) is 17.6. The Kier molecular flexibility index (Phi) is 5.99. The number of hydrogen-bond donors (Lipinski definition) is 0. The van der Waals surface area contributed by atoms with E-state index in [1.54, 1.807) is 0 Å². The predicted molar refractivity (Wildman–Crippen MR) is 97.7 cm³/mol. The quantitative estimate of drug-likeness (QED) is 0.761. The van der Waals surface area contributed by atoms with Crippen molar-refractivity contribution in [2.24, 2.45) is 0 Å². The molecule has 0 unspecified atom stereocenters. The first-order chi connectivity index (χ1) is 12.1. The van der Waals surface area contributed by atoms with E-state index in [0.29, 0.717) is 0 Å². The van der Waals surface area contributed by atoms with Crippen LogP contribution in [-0.2, 0) is 17.8 Å². The summed E-state index contributed by atoms with van der Waals surface area (Å²) in [6.07, 6.45) is 2.93. The van der Waals surface area contributed by atoms with Crippen LogP contribution in [0.3, 0.4) is 0 Å². The highest BCUT2D eigenvalue weighted by Gasteiger charge is 2.14. The first-order valence-electron chi connectivity index (χ1n) is 8.96. The summed E-state index contributed by atoms with van der Waals surface area (Å²) in [6.45, 7) is 10.2. The minimum atomic E-state index is 0.750. The van der Waals surface area contributed by atoms with Crippen molar-refractivity contribution in [3.8, 4) is 0 Å². The van der Waals surface area contributed by atoms with Crippen molar-refractivity contribution in [3.05, 3.63) is 35.4 Å². The Morgan fingerprint density at radius 1 is 1.24 bits per heavy atom. The third kappa shape index (κ3) is 4.99. The molecule has 0 radical (unpaired) electrons. The highest BCUT2D eigenvalue weighted by molar-refractivity contribution is 5.30. The number of nitrogens with zero attached hydrogens (tertiary/aromatic N) is 6. The fourth-order valence-corrected chi connectivity index (χ4v) is 3.14. The van der Waals surface area contributed by atoms with Crippen molar-refractivity contribution >= 4 is 5.95 Å². The molecule has 0 saturated carbocycles. The average molecular weight is 344 g/mol. The van der Waals surface area contributed by atoms with Gasteiger partial charge in [0.25, 0.3) is 0 Å². The van der Waals surface area contributed by atoms with Crippen LogP contribution in [0.15, 0.2) is 18.3 Å². The zero-order valence-corrected chi connectivity index (χ0v) is 15.5. The summed E-state index contributed by atoms with van der Waals surface area (Å²) >= 11 is 0. The monoisotopic (exact) mass is 344 g/mol. The molecule has 2 aromatic rings. The average Bonchev–Trinajstić information content (AvgIpc) is 2.93. The van der Waals surface area contributed by atoms with E-state index in [0.717, 1.165) is 69.7 Å². The highest BCUT2D eigenvalue weighted by Crippen LogP contribution is 2.11. The molecule has 1 saturated heterocycles. The molecule has 0 N–H and O–H groups in total. The van der Waals surface area contributed by atoms with Crippen LogP contribution in [-0.4, -0.2) is 64.5 Å². The van der Waals surface area contributed by atoms with Gasteiger partial charge in [-0.25, -0.2) is 9.97 Å². The lowest BCUT2D eigenvalue weighted by Crippen LogP contribution is -2.37. The van der Waals surface area contributed by atoms with Crippen LogP contribution in [0.25, 0.3) is 0 Å². The lowest BCUT2D eigenvalue weighted by molar-refractivity contribution is 0.122. The second kappa shape index (κ2) is 8.40. The third-order valence-electron chi connectivity index (χ3n) is 4.44. The Labute approximate surface area is 149 Å². The van der Waals surface area contributed by atoms with Gasteiger partial charge in [-0.3, -0.25) is 4.68 Å². The van der Waals surface area contributed by atoms with Gasteiger partial charge in [-0.2, -0.15) is 5.10 Å². The maximum absolute atomic E-state index is 5.39. The molecule has 0 aliphatic carbocycles. The van der Waals surface area contributed by atoms with Crippen LogP contribution >= 0.6 is 0 Å². The molecule has 1 aliphatic heterocycles. The van der Waals surface area contributed by atoms with Crippen LogP contribution in [0.4, 0.5) is 5.95 Å². The predicted octanol–water partition coefficient (Wildman–Crippen LogP) is 1.65. The van der Waals surface area contributed by atoms with Crippen molar-refractivity contribution in [2.75, 3.05) is 44.8 Å². The normalized spacial score (nSPS) is 15.1. The molecule has 0 amide bonds. The number of aryl methyl sites for hydroxylation is 3. The number of ether oxygens (including phenoxy) is 1. The van der Waals surface area contributed by atoms with Crippen LogP contribution in [0.5, 0.6) is 0 Å². The zero-order valence-electron chi connectivity index (χ0n) is 15.5. The molecule has 2 aromatic heterocycles. The van der Waals surface area contributed by atoms with Gasteiger partial charge in [0, 0.05) is 44.6 Å². The van der Waals surface area contributed by atoms with E-state index >= 15 is 0 Å². The van der Waals surface area contributed by atoms with E-state index in [9.17, 15) is 0 Å². The first kappa shape index (κ1) is 17.8. The Balaban J connectivity index is 1.49. The van der Waals surface area contributed by atoms with Crippen molar-refractivity contribution in [3.63, 3.8) is 0 Å². The number of aromatic nitrogens is 4. The van der Waals surface area contributed by atoms with E-state index in [1.807, 2.05) is 19.2 Å². The Bertz CT molecular complexity index is 680. The van der Waals surface area contributed by atoms with E-state index < -0.39 is 0 Å². The lowest BCUT2D eigenvalue weighted by atomic mass is 10.3. The van der Waals surface area contributed by atoms with Crippen LogP contribution in [0.2, 0.25) is 0 Å². The third-order valence-corrected chi connectivity index (χ3v) is 4.44. The highest BCUT2D eigenvalue weighted by atomic mass is 16.5. The summed E-state index contributed by atoms with van der Waals surface area (Å²) in [7, 11) is 2.14. The van der Waals surface area contributed by atoms with Crippen LogP contribution in [0, 0.1) is 13.8 Å². The van der Waals surface area contributed by atoms with Gasteiger partial charge in [0.1, 0.15) is 0 Å². The Hall–Kier alpha value is -1.99. The summed E-state index contributed by atoms with van der Waals surface area (Å²) in [5.41, 5.74) is 3.37. The SMILES string of the molecule is Cc1cc(C)n(CCCN(C)Cc2ccnc(N3CCOCC3)n2)n1. The van der Waals surface area contributed by atoms with Gasteiger partial charge >= 0.3 is 0 Å². The first-order valence-corrected chi connectivity index (χ1v) is 8.96. The van der Waals surface area contributed by atoms with Gasteiger partial charge in [0.15, 0.2) is 0 Å². The molecule has 3 rings (SSSR count). The van der Waals surface area contributed by atoms with E-state index in [4.69, 9.17) is 9.72 Å². The Morgan fingerprint density at radius 3 is 2.76 bits per heavy atom. The molecule has 136 valence electrons. The van der Waals surface area contributed by atoms with Gasteiger partial charge in [0.2, 0.25) is 5.95 Å². The fraction of sp³-hybridized carbons (Fsp3) is 0.611. The summed E-state index contributed by atoms with van der Waals surface area (Å²) in [4.78, 5) is 13.6. The molecule has 0 spiro atoms. The molecule has 25 heavy (non-hydrogen) atoms. The smallest absolute Gasteiger partial charge is 0.225 e. The molecule has 7 nitrogen and oxygen atoms in total. The molecule has 0 aromatic carbocycles. The minimum absolute atomic E-state index is 0.750. The molecule has 0 atom stereocenters. The molecule has 1 aliphatic rings.